The molecule has 0 aliphatic carbocycles. The quantitative estimate of drug-likeness (QED) is 0.818. The number of benzene rings is 1. The lowest BCUT2D eigenvalue weighted by Gasteiger charge is -2.28. The minimum Gasteiger partial charge on any atom is -0.207 e. The summed E-state index contributed by atoms with van der Waals surface area (Å²) in [5.41, 5.74) is -0.528. The minimum atomic E-state index is -3.54. The van der Waals surface area contributed by atoms with Gasteiger partial charge in [0, 0.05) is 16.4 Å². The highest BCUT2D eigenvalue weighted by Crippen LogP contribution is 2.21. The summed E-state index contributed by atoms with van der Waals surface area (Å²) in [5.74, 6) is 0.410. The van der Waals surface area contributed by atoms with Gasteiger partial charge in [-0.05, 0) is 44.0 Å². The summed E-state index contributed by atoms with van der Waals surface area (Å²) in [6.07, 6.45) is 1.25. The van der Waals surface area contributed by atoms with Crippen LogP contribution in [0.15, 0.2) is 29.2 Å². The van der Waals surface area contributed by atoms with Crippen molar-refractivity contribution in [3.8, 4) is 0 Å². The van der Waals surface area contributed by atoms with Crippen molar-refractivity contribution in [3.63, 3.8) is 0 Å². The molecule has 0 fully saturated rings. The molecule has 1 rings (SSSR count). The van der Waals surface area contributed by atoms with E-state index in [-0.39, 0.29) is 4.90 Å². The predicted octanol–water partition coefficient (Wildman–Crippen LogP) is 3.42. The van der Waals surface area contributed by atoms with Gasteiger partial charge in [0.2, 0.25) is 10.0 Å². The molecule has 0 spiro atoms. The number of halogens is 2. The molecule has 0 amide bonds. The fraction of sp³-hybridized carbons (Fsp3) is 0.500. The average molecular weight is 310 g/mol. The van der Waals surface area contributed by atoms with Gasteiger partial charge < -0.3 is 0 Å². The number of rotatable bonds is 6. The fourth-order valence-corrected chi connectivity index (χ4v) is 3.56. The summed E-state index contributed by atoms with van der Waals surface area (Å²) in [6, 6.07) is 6.09. The molecule has 1 N–H and O–H groups in total. The van der Waals surface area contributed by atoms with Gasteiger partial charge in [-0.3, -0.25) is 0 Å². The number of nitrogens with one attached hydrogen (secondary N) is 1. The topological polar surface area (TPSA) is 46.2 Å². The third kappa shape index (κ3) is 4.12. The molecule has 1 unspecified atom stereocenters. The van der Waals surface area contributed by atoms with Crippen LogP contribution in [0.2, 0.25) is 5.02 Å². The number of alkyl halides is 1. The first-order valence-electron chi connectivity index (χ1n) is 5.68. The van der Waals surface area contributed by atoms with Gasteiger partial charge in [-0.15, -0.1) is 11.6 Å². The highest BCUT2D eigenvalue weighted by atomic mass is 35.5. The van der Waals surface area contributed by atoms with Gasteiger partial charge >= 0.3 is 0 Å². The molecule has 0 radical (unpaired) electrons. The largest absolute Gasteiger partial charge is 0.241 e. The average Bonchev–Trinajstić information content (AvgIpc) is 2.29. The standard InChI is InChI=1S/C12H17Cl2NO2S/c1-3-12(2,8-9-13)15-18(16,17)11-6-4-10(14)5-7-11/h4-7,15H,3,8-9H2,1-2H3. The smallest absolute Gasteiger partial charge is 0.207 e. The molecule has 1 aromatic carbocycles. The van der Waals surface area contributed by atoms with Crippen LogP contribution >= 0.6 is 23.2 Å². The van der Waals surface area contributed by atoms with Crippen molar-refractivity contribution < 1.29 is 8.42 Å². The Bertz CT molecular complexity index is 487. The normalized spacial score (nSPS) is 15.3. The predicted molar refractivity (Wildman–Crippen MR) is 75.8 cm³/mol. The molecule has 0 bridgehead atoms. The Balaban J connectivity index is 2.97. The van der Waals surface area contributed by atoms with Crippen molar-refractivity contribution in [2.75, 3.05) is 5.88 Å². The van der Waals surface area contributed by atoms with E-state index < -0.39 is 15.6 Å². The molecule has 0 saturated heterocycles. The number of hydrogen-bond donors (Lipinski definition) is 1. The lowest BCUT2D eigenvalue weighted by Crippen LogP contribution is -2.45. The second-order valence-electron chi connectivity index (χ2n) is 4.41. The van der Waals surface area contributed by atoms with Crippen molar-refractivity contribution in [2.45, 2.75) is 37.1 Å². The van der Waals surface area contributed by atoms with Crippen LogP contribution in [0.25, 0.3) is 0 Å². The van der Waals surface area contributed by atoms with E-state index in [9.17, 15) is 8.42 Å². The van der Waals surface area contributed by atoms with Crippen LogP contribution in [-0.2, 0) is 10.0 Å². The Morgan fingerprint density at radius 2 is 1.83 bits per heavy atom. The zero-order chi connectivity index (χ0) is 13.8. The Kier molecular flexibility index (Phi) is 5.46. The zero-order valence-corrected chi connectivity index (χ0v) is 12.7. The summed E-state index contributed by atoms with van der Waals surface area (Å²) >= 11 is 11.4. The van der Waals surface area contributed by atoms with Gasteiger partial charge in [0.15, 0.2) is 0 Å². The second-order valence-corrected chi connectivity index (χ2v) is 6.91. The first kappa shape index (κ1) is 15.8. The van der Waals surface area contributed by atoms with Gasteiger partial charge in [-0.25, -0.2) is 13.1 Å². The van der Waals surface area contributed by atoms with Gasteiger partial charge in [0.25, 0.3) is 0 Å². The van der Waals surface area contributed by atoms with E-state index >= 15 is 0 Å². The van der Waals surface area contributed by atoms with Crippen molar-refractivity contribution in [1.82, 2.24) is 4.72 Å². The lowest BCUT2D eigenvalue weighted by molar-refractivity contribution is 0.390. The molecule has 0 saturated carbocycles. The minimum absolute atomic E-state index is 0.209. The van der Waals surface area contributed by atoms with Gasteiger partial charge in [0.05, 0.1) is 4.90 Å². The van der Waals surface area contributed by atoms with E-state index in [1.165, 1.54) is 12.1 Å². The number of hydrogen-bond acceptors (Lipinski definition) is 2. The SMILES string of the molecule is CCC(C)(CCCl)NS(=O)(=O)c1ccc(Cl)cc1. The Morgan fingerprint density at radius 1 is 1.28 bits per heavy atom. The maximum atomic E-state index is 12.2. The summed E-state index contributed by atoms with van der Waals surface area (Å²) in [4.78, 5) is 0.209. The van der Waals surface area contributed by atoms with E-state index in [4.69, 9.17) is 23.2 Å². The van der Waals surface area contributed by atoms with Gasteiger partial charge in [-0.1, -0.05) is 18.5 Å². The molecular weight excluding hydrogens is 293 g/mol. The molecule has 0 aliphatic rings. The van der Waals surface area contributed by atoms with Crippen LogP contribution < -0.4 is 4.72 Å². The van der Waals surface area contributed by atoms with Crippen molar-refractivity contribution in [3.05, 3.63) is 29.3 Å². The summed E-state index contributed by atoms with van der Waals surface area (Å²) in [6.45, 7) is 3.78. The molecule has 1 atom stereocenters. The van der Waals surface area contributed by atoms with Crippen LogP contribution in [0.1, 0.15) is 26.7 Å². The van der Waals surface area contributed by atoms with Crippen molar-refractivity contribution >= 4 is 33.2 Å². The van der Waals surface area contributed by atoms with E-state index in [2.05, 4.69) is 4.72 Å². The zero-order valence-electron chi connectivity index (χ0n) is 10.4. The molecule has 3 nitrogen and oxygen atoms in total. The van der Waals surface area contributed by atoms with Crippen LogP contribution in [0.5, 0.6) is 0 Å². The van der Waals surface area contributed by atoms with E-state index in [0.29, 0.717) is 23.7 Å². The number of sulfonamides is 1. The molecule has 0 aromatic heterocycles. The van der Waals surface area contributed by atoms with Crippen molar-refractivity contribution in [2.24, 2.45) is 0 Å². The summed E-state index contributed by atoms with van der Waals surface area (Å²) in [7, 11) is -3.54. The molecular formula is C12H17Cl2NO2S. The molecule has 6 heteroatoms. The van der Waals surface area contributed by atoms with Crippen LogP contribution in [0.3, 0.4) is 0 Å². The van der Waals surface area contributed by atoms with E-state index in [1.54, 1.807) is 12.1 Å². The van der Waals surface area contributed by atoms with Crippen LogP contribution in [0, 0.1) is 0 Å². The Labute approximate surface area is 119 Å². The highest BCUT2D eigenvalue weighted by Gasteiger charge is 2.28. The van der Waals surface area contributed by atoms with Gasteiger partial charge in [-0.2, -0.15) is 0 Å². The summed E-state index contributed by atoms with van der Waals surface area (Å²) < 4.78 is 27.1. The van der Waals surface area contributed by atoms with Crippen molar-refractivity contribution in [1.29, 1.82) is 0 Å². The first-order chi connectivity index (χ1) is 8.33. The Morgan fingerprint density at radius 3 is 2.28 bits per heavy atom. The van der Waals surface area contributed by atoms with Crippen LogP contribution in [-0.4, -0.2) is 19.8 Å². The lowest BCUT2D eigenvalue weighted by atomic mass is 9.97. The highest BCUT2D eigenvalue weighted by molar-refractivity contribution is 7.89. The van der Waals surface area contributed by atoms with E-state index in [0.717, 1.165) is 0 Å². The van der Waals surface area contributed by atoms with Gasteiger partial charge in [0.1, 0.15) is 0 Å². The maximum Gasteiger partial charge on any atom is 0.241 e. The maximum absolute atomic E-state index is 12.2. The molecule has 102 valence electrons. The molecule has 18 heavy (non-hydrogen) atoms. The first-order valence-corrected chi connectivity index (χ1v) is 8.08. The molecule has 1 aromatic rings. The molecule has 0 heterocycles. The van der Waals surface area contributed by atoms with Crippen LogP contribution in [0.4, 0.5) is 0 Å². The summed E-state index contributed by atoms with van der Waals surface area (Å²) in [5, 5.41) is 0.507. The molecule has 0 aliphatic heterocycles. The second kappa shape index (κ2) is 6.24. The van der Waals surface area contributed by atoms with E-state index in [1.807, 2.05) is 13.8 Å². The third-order valence-corrected chi connectivity index (χ3v) is 5.03. The monoisotopic (exact) mass is 309 g/mol. The Hall–Kier alpha value is -0.290. The fourth-order valence-electron chi connectivity index (χ4n) is 1.51. The third-order valence-electron chi connectivity index (χ3n) is 2.93.